The first-order chi connectivity index (χ1) is 6.72. The normalized spacial score (nSPS) is 17.9. The summed E-state index contributed by atoms with van der Waals surface area (Å²) in [5.41, 5.74) is 8.65. The van der Waals surface area contributed by atoms with E-state index in [1.807, 2.05) is 6.07 Å². The van der Waals surface area contributed by atoms with Crippen LogP contribution in [0.3, 0.4) is 0 Å². The van der Waals surface area contributed by atoms with E-state index >= 15 is 0 Å². The number of ether oxygens (including phenoxy) is 1. The number of benzene rings is 1. The van der Waals surface area contributed by atoms with E-state index in [2.05, 4.69) is 19.1 Å². The van der Waals surface area contributed by atoms with Gasteiger partial charge in [-0.15, -0.1) is 0 Å². The zero-order valence-corrected chi connectivity index (χ0v) is 8.84. The standard InChI is InChI=1S/C12H17NO/c1-9-7-10(3-4-11(9)14-2)12(8-13)5-6-12/h3-4,7H,5-6,8,13H2,1-2H3. The first kappa shape index (κ1) is 9.53. The van der Waals surface area contributed by atoms with Gasteiger partial charge in [-0.3, -0.25) is 0 Å². The van der Waals surface area contributed by atoms with Crippen molar-refractivity contribution in [3.8, 4) is 5.75 Å². The molecule has 2 heteroatoms. The average molecular weight is 191 g/mol. The zero-order chi connectivity index (χ0) is 10.2. The van der Waals surface area contributed by atoms with Crippen molar-refractivity contribution in [3.63, 3.8) is 0 Å². The number of hydrogen-bond donors (Lipinski definition) is 1. The Bertz CT molecular complexity index is 342. The van der Waals surface area contributed by atoms with Crippen LogP contribution in [0, 0.1) is 6.92 Å². The van der Waals surface area contributed by atoms with Gasteiger partial charge in [-0.05, 0) is 37.0 Å². The molecule has 0 heterocycles. The molecule has 76 valence electrons. The number of aryl methyl sites for hydroxylation is 1. The molecule has 2 nitrogen and oxygen atoms in total. The summed E-state index contributed by atoms with van der Waals surface area (Å²) in [4.78, 5) is 0. The van der Waals surface area contributed by atoms with Crippen LogP contribution in [0.5, 0.6) is 5.75 Å². The molecule has 0 bridgehead atoms. The van der Waals surface area contributed by atoms with Gasteiger partial charge in [-0.1, -0.05) is 12.1 Å². The minimum absolute atomic E-state index is 0.289. The predicted octanol–water partition coefficient (Wildman–Crippen LogP) is 1.99. The number of methoxy groups -OCH3 is 1. The van der Waals surface area contributed by atoms with Gasteiger partial charge in [0.15, 0.2) is 0 Å². The maximum atomic E-state index is 5.79. The van der Waals surface area contributed by atoms with Crippen molar-refractivity contribution in [1.82, 2.24) is 0 Å². The second kappa shape index (κ2) is 3.28. The molecule has 2 rings (SSSR count). The molecule has 1 fully saturated rings. The first-order valence-electron chi connectivity index (χ1n) is 5.07. The molecular weight excluding hydrogens is 174 g/mol. The minimum Gasteiger partial charge on any atom is -0.496 e. The lowest BCUT2D eigenvalue weighted by Crippen LogP contribution is -2.19. The van der Waals surface area contributed by atoms with Crippen molar-refractivity contribution >= 4 is 0 Å². The molecule has 1 aromatic rings. The molecule has 1 aromatic carbocycles. The fourth-order valence-electron chi connectivity index (χ4n) is 1.97. The summed E-state index contributed by atoms with van der Waals surface area (Å²) < 4.78 is 5.24. The smallest absolute Gasteiger partial charge is 0.121 e. The molecule has 14 heavy (non-hydrogen) atoms. The quantitative estimate of drug-likeness (QED) is 0.793. The van der Waals surface area contributed by atoms with Gasteiger partial charge < -0.3 is 10.5 Å². The Balaban J connectivity index is 2.33. The van der Waals surface area contributed by atoms with Crippen LogP contribution in [-0.4, -0.2) is 13.7 Å². The monoisotopic (exact) mass is 191 g/mol. The Morgan fingerprint density at radius 3 is 2.57 bits per heavy atom. The molecule has 0 unspecified atom stereocenters. The third-order valence-electron chi connectivity index (χ3n) is 3.25. The topological polar surface area (TPSA) is 35.2 Å². The zero-order valence-electron chi connectivity index (χ0n) is 8.84. The van der Waals surface area contributed by atoms with Gasteiger partial charge >= 0.3 is 0 Å². The van der Waals surface area contributed by atoms with Crippen molar-refractivity contribution in [1.29, 1.82) is 0 Å². The molecule has 0 spiro atoms. The van der Waals surface area contributed by atoms with Gasteiger partial charge in [0.1, 0.15) is 5.75 Å². The molecule has 0 radical (unpaired) electrons. The van der Waals surface area contributed by atoms with Crippen molar-refractivity contribution in [2.45, 2.75) is 25.2 Å². The van der Waals surface area contributed by atoms with E-state index in [0.29, 0.717) is 0 Å². The van der Waals surface area contributed by atoms with E-state index in [0.717, 1.165) is 12.3 Å². The lowest BCUT2D eigenvalue weighted by atomic mass is 9.94. The van der Waals surface area contributed by atoms with Crippen LogP contribution < -0.4 is 10.5 Å². The van der Waals surface area contributed by atoms with Gasteiger partial charge in [0.2, 0.25) is 0 Å². The third kappa shape index (κ3) is 1.40. The van der Waals surface area contributed by atoms with Crippen LogP contribution in [0.2, 0.25) is 0 Å². The first-order valence-corrected chi connectivity index (χ1v) is 5.07. The summed E-state index contributed by atoms with van der Waals surface area (Å²) in [6.07, 6.45) is 2.46. The third-order valence-corrected chi connectivity index (χ3v) is 3.25. The molecule has 0 atom stereocenters. The van der Waals surface area contributed by atoms with E-state index < -0.39 is 0 Å². The molecule has 1 aliphatic rings. The summed E-state index contributed by atoms with van der Waals surface area (Å²) in [5.74, 6) is 0.960. The predicted molar refractivity (Wildman–Crippen MR) is 57.7 cm³/mol. The molecule has 0 aliphatic heterocycles. The molecule has 0 amide bonds. The highest BCUT2D eigenvalue weighted by Gasteiger charge is 2.42. The Morgan fingerprint density at radius 1 is 1.43 bits per heavy atom. The fourth-order valence-corrected chi connectivity index (χ4v) is 1.97. The Hall–Kier alpha value is -1.02. The van der Waals surface area contributed by atoms with Crippen molar-refractivity contribution < 1.29 is 4.74 Å². The molecule has 2 N–H and O–H groups in total. The second-order valence-electron chi connectivity index (χ2n) is 4.17. The SMILES string of the molecule is COc1ccc(C2(CN)CC2)cc1C. The molecule has 1 saturated carbocycles. The summed E-state index contributed by atoms with van der Waals surface area (Å²) in [6, 6.07) is 6.39. The van der Waals surface area contributed by atoms with E-state index in [-0.39, 0.29) is 5.41 Å². The van der Waals surface area contributed by atoms with Gasteiger partial charge in [0.25, 0.3) is 0 Å². The molecule has 1 aliphatic carbocycles. The number of hydrogen-bond acceptors (Lipinski definition) is 2. The summed E-state index contributed by atoms with van der Waals surface area (Å²) in [7, 11) is 1.71. The summed E-state index contributed by atoms with van der Waals surface area (Å²) in [6.45, 7) is 2.84. The van der Waals surface area contributed by atoms with Crippen LogP contribution >= 0.6 is 0 Å². The Morgan fingerprint density at radius 2 is 2.14 bits per heavy atom. The van der Waals surface area contributed by atoms with Crippen LogP contribution in [0.4, 0.5) is 0 Å². The van der Waals surface area contributed by atoms with Crippen molar-refractivity contribution in [2.24, 2.45) is 5.73 Å². The largest absolute Gasteiger partial charge is 0.496 e. The molecule has 0 aromatic heterocycles. The van der Waals surface area contributed by atoms with Crippen molar-refractivity contribution in [2.75, 3.05) is 13.7 Å². The molecule has 0 saturated heterocycles. The lowest BCUT2D eigenvalue weighted by molar-refractivity contribution is 0.411. The summed E-state index contributed by atoms with van der Waals surface area (Å²) in [5, 5.41) is 0. The van der Waals surface area contributed by atoms with Gasteiger partial charge in [-0.25, -0.2) is 0 Å². The summed E-state index contributed by atoms with van der Waals surface area (Å²) >= 11 is 0. The number of rotatable bonds is 3. The van der Waals surface area contributed by atoms with Crippen LogP contribution in [0.15, 0.2) is 18.2 Å². The fraction of sp³-hybridized carbons (Fsp3) is 0.500. The highest BCUT2D eigenvalue weighted by molar-refractivity contribution is 5.41. The average Bonchev–Trinajstić information content (AvgIpc) is 2.98. The number of nitrogens with two attached hydrogens (primary N) is 1. The maximum Gasteiger partial charge on any atom is 0.121 e. The Kier molecular flexibility index (Phi) is 2.23. The highest BCUT2D eigenvalue weighted by atomic mass is 16.5. The van der Waals surface area contributed by atoms with Gasteiger partial charge in [0, 0.05) is 12.0 Å². The lowest BCUT2D eigenvalue weighted by Gasteiger charge is -2.14. The van der Waals surface area contributed by atoms with Crippen molar-refractivity contribution in [3.05, 3.63) is 29.3 Å². The molecular formula is C12H17NO. The van der Waals surface area contributed by atoms with Gasteiger partial charge in [-0.2, -0.15) is 0 Å². The van der Waals surface area contributed by atoms with E-state index in [1.165, 1.54) is 24.0 Å². The van der Waals surface area contributed by atoms with Gasteiger partial charge in [0.05, 0.1) is 7.11 Å². The second-order valence-corrected chi connectivity index (χ2v) is 4.17. The van der Waals surface area contributed by atoms with Crippen LogP contribution in [0.25, 0.3) is 0 Å². The van der Waals surface area contributed by atoms with E-state index in [4.69, 9.17) is 10.5 Å². The maximum absolute atomic E-state index is 5.79. The van der Waals surface area contributed by atoms with E-state index in [1.54, 1.807) is 7.11 Å². The Labute approximate surface area is 85.1 Å². The van der Waals surface area contributed by atoms with Crippen LogP contribution in [0.1, 0.15) is 24.0 Å². The minimum atomic E-state index is 0.289. The van der Waals surface area contributed by atoms with E-state index in [9.17, 15) is 0 Å². The highest BCUT2D eigenvalue weighted by Crippen LogP contribution is 2.47. The van der Waals surface area contributed by atoms with Crippen LogP contribution in [-0.2, 0) is 5.41 Å².